The minimum absolute atomic E-state index is 0. The van der Waals surface area contributed by atoms with Gasteiger partial charge in [-0.2, -0.15) is 0 Å². The molecule has 98 heavy (non-hydrogen) atoms. The van der Waals surface area contributed by atoms with Gasteiger partial charge >= 0.3 is 0 Å². The predicted molar refractivity (Wildman–Crippen MR) is 399 cm³/mol. The first-order chi connectivity index (χ1) is 45.7. The molecular formula is C76H84N22. The number of hydrogen-bond acceptors (Lipinski definition) is 9. The number of nitrogens with one attached hydrogen (secondary N) is 4. The Balaban J connectivity index is 0.000000115. The second-order valence-electron chi connectivity index (χ2n) is 23.5. The third-order valence-electron chi connectivity index (χ3n) is 17.3. The van der Waals surface area contributed by atoms with E-state index in [1.807, 2.05) is 187 Å². The number of fused-ring (bicyclic) bond motifs is 21. The van der Waals surface area contributed by atoms with E-state index in [4.69, 9.17) is 0 Å². The van der Waals surface area contributed by atoms with Crippen molar-refractivity contribution >= 4 is 101 Å². The average Bonchev–Trinajstić information content (AvgIpc) is 1.65. The van der Waals surface area contributed by atoms with Crippen LogP contribution in [0.2, 0.25) is 0 Å². The van der Waals surface area contributed by atoms with E-state index < -0.39 is 0 Å². The molecule has 19 heterocycles. The van der Waals surface area contributed by atoms with Crippen LogP contribution < -0.4 is 0 Å². The predicted octanol–water partition coefficient (Wildman–Crippen LogP) is 16.4. The highest BCUT2D eigenvalue weighted by atomic mass is 15.2. The first kappa shape index (κ1) is 67.1. The van der Waals surface area contributed by atoms with E-state index >= 15 is 0 Å². The number of aromatic amines is 4. The summed E-state index contributed by atoms with van der Waals surface area (Å²) >= 11 is 0. The molecule has 4 N–H and O–H groups in total. The Labute approximate surface area is 566 Å². The lowest BCUT2D eigenvalue weighted by molar-refractivity contribution is 0.810. The largest absolute Gasteiger partial charge is 0.362 e. The Morgan fingerprint density at radius 2 is 0.929 bits per heavy atom. The molecule has 1 aliphatic rings. The number of rotatable bonds is 0. The number of nitrogens with zero attached hydrogens (tertiary/aromatic N) is 18. The molecule has 0 fully saturated rings. The van der Waals surface area contributed by atoms with E-state index in [-0.39, 0.29) is 29.7 Å². The summed E-state index contributed by atoms with van der Waals surface area (Å²) in [5, 5.41) is 0. The Morgan fingerprint density at radius 3 is 1.56 bits per heavy atom. The van der Waals surface area contributed by atoms with Gasteiger partial charge < -0.3 is 33.6 Å². The standard InChI is InChI=1S/C12H12N2.C11H11N3.C10H10N4.3C10H9N3.C9H8N4.4CH4/c1-8-13-12-10-6-4-3-5-9(10)7-11(12)14(8)2;1-8-11-9(7-13(8)2)12-10-5-3-4-6-14(10)11;1-7-11-9-10(13(7)2)14-6-4-3-5-8(14)12-9;1-7-10-8(6-11-7)13-5-3-2-4-9(13)12-10;2*1-7-11-9-6-8-4-2-3-5-13(8)10(9)12-7;1-6-10-8-9(11-6)13-5-3-2-4-7(13)12-8;;;;/h3-6H,7H2,1-2H3;3-7H,1-2H3;3-6H,1-2H3;2-6,11H,1H3;2*2-6H,1H3,(H,11,12);2-5H,1H3,(H,10,11);4*1H4. The van der Waals surface area contributed by atoms with Crippen LogP contribution in [-0.2, 0) is 27.6 Å². The maximum atomic E-state index is 4.60. The van der Waals surface area contributed by atoms with Crippen molar-refractivity contribution in [3.8, 4) is 11.3 Å². The summed E-state index contributed by atoms with van der Waals surface area (Å²) in [6.07, 6.45) is 17.2. The van der Waals surface area contributed by atoms with Crippen molar-refractivity contribution in [2.24, 2.45) is 21.1 Å². The average molecular weight is 1310 g/mol. The van der Waals surface area contributed by atoms with Crippen LogP contribution in [0.5, 0.6) is 0 Å². The monoisotopic (exact) mass is 1300 g/mol. The van der Waals surface area contributed by atoms with Crippen molar-refractivity contribution in [2.45, 2.75) is 84.6 Å². The zero-order valence-electron chi connectivity index (χ0n) is 53.7. The number of hydrogen-bond donors (Lipinski definition) is 4. The summed E-state index contributed by atoms with van der Waals surface area (Å²) < 4.78 is 18.7. The highest BCUT2D eigenvalue weighted by molar-refractivity contribution is 5.85. The third kappa shape index (κ3) is 12.1. The van der Waals surface area contributed by atoms with Gasteiger partial charge in [-0.25, -0.2) is 44.9 Å². The number of aromatic nitrogens is 22. The van der Waals surface area contributed by atoms with Gasteiger partial charge in [0.1, 0.15) is 62.7 Å². The van der Waals surface area contributed by atoms with E-state index in [9.17, 15) is 0 Å². The zero-order chi connectivity index (χ0) is 64.5. The fourth-order valence-electron chi connectivity index (χ4n) is 12.4. The SMILES string of the molecule is C.C.C.C.Cc1[nH]cc2c1nc1ccccn12.Cc1c2c(cn1C)nc1ccccn12.Cc1nc2c(cc3ccccn32)[nH]1.Cc1nc2c(cc3ccccn32)[nH]1.Cc1nc2c(n1C)Cc1ccccc1-2.Cc1nc2c(nc3ccccn32)[nH]1.Cc1nc2nc3ccccn3c2n1C. The number of pyridine rings is 6. The lowest BCUT2D eigenvalue weighted by Gasteiger charge is -1.99. The summed E-state index contributed by atoms with van der Waals surface area (Å²) in [7, 11) is 6.14. The van der Waals surface area contributed by atoms with Gasteiger partial charge in [0.05, 0.1) is 27.8 Å². The normalized spacial score (nSPS) is 11.2. The molecule has 498 valence electrons. The topological polar surface area (TPSA) is 220 Å². The number of H-pyrrole nitrogens is 4. The maximum absolute atomic E-state index is 4.60. The van der Waals surface area contributed by atoms with E-state index in [1.165, 1.54) is 44.8 Å². The van der Waals surface area contributed by atoms with E-state index in [2.05, 4.69) is 182 Å². The molecule has 0 atom stereocenters. The van der Waals surface area contributed by atoms with Crippen LogP contribution >= 0.6 is 0 Å². The summed E-state index contributed by atoms with van der Waals surface area (Å²) in [6.45, 7) is 14.1. The molecule has 0 aliphatic heterocycles. The molecule has 0 bridgehead atoms. The fourth-order valence-corrected chi connectivity index (χ4v) is 12.4. The Bertz CT molecular complexity index is 5750. The van der Waals surface area contributed by atoms with Crippen molar-refractivity contribution < 1.29 is 0 Å². The molecule has 0 radical (unpaired) electrons. The van der Waals surface area contributed by atoms with Crippen molar-refractivity contribution in [2.75, 3.05) is 0 Å². The second kappa shape index (κ2) is 27.2. The van der Waals surface area contributed by atoms with Crippen LogP contribution in [0.3, 0.4) is 0 Å². The van der Waals surface area contributed by atoms with Crippen molar-refractivity contribution in [3.63, 3.8) is 0 Å². The molecule has 0 amide bonds. The first-order valence-electron chi connectivity index (χ1n) is 31.0. The van der Waals surface area contributed by atoms with Crippen LogP contribution in [0, 0.1) is 48.5 Å². The molecule has 0 saturated carbocycles. The Hall–Kier alpha value is -12.3. The molecule has 22 heteroatoms. The van der Waals surface area contributed by atoms with Gasteiger partial charge in [-0.3, -0.25) is 26.4 Å². The molecule has 1 aromatic carbocycles. The van der Waals surface area contributed by atoms with Gasteiger partial charge in [0.25, 0.3) is 0 Å². The molecule has 0 saturated heterocycles. The maximum Gasteiger partial charge on any atom is 0.198 e. The van der Waals surface area contributed by atoms with Crippen LogP contribution in [0.25, 0.3) is 112 Å². The molecule has 19 aromatic heterocycles. The van der Waals surface area contributed by atoms with Gasteiger partial charge in [-0.05, 0) is 139 Å². The van der Waals surface area contributed by atoms with Crippen molar-refractivity contribution in [1.29, 1.82) is 0 Å². The van der Waals surface area contributed by atoms with E-state index in [0.717, 1.165) is 125 Å². The molecule has 22 nitrogen and oxygen atoms in total. The number of aryl methyl sites for hydroxylation is 9. The molecule has 0 unspecified atom stereocenters. The summed E-state index contributed by atoms with van der Waals surface area (Å²) in [6, 6.07) is 48.9. The molecule has 1 aliphatic carbocycles. The van der Waals surface area contributed by atoms with Crippen LogP contribution in [-0.4, -0.2) is 105 Å². The first-order valence-corrected chi connectivity index (χ1v) is 31.0. The van der Waals surface area contributed by atoms with Crippen LogP contribution in [0.4, 0.5) is 0 Å². The van der Waals surface area contributed by atoms with E-state index in [0.29, 0.717) is 0 Å². The summed E-state index contributed by atoms with van der Waals surface area (Å²) in [5.74, 6) is 4.91. The summed E-state index contributed by atoms with van der Waals surface area (Å²) in [4.78, 5) is 52.7. The van der Waals surface area contributed by atoms with Gasteiger partial charge in [0.2, 0.25) is 0 Å². The van der Waals surface area contributed by atoms with E-state index in [1.54, 1.807) is 0 Å². The molecule has 21 rings (SSSR count). The van der Waals surface area contributed by atoms with Crippen molar-refractivity contribution in [1.82, 2.24) is 105 Å². The lowest BCUT2D eigenvalue weighted by Crippen LogP contribution is -1.97. The van der Waals surface area contributed by atoms with Gasteiger partial charge in [-0.15, -0.1) is 0 Å². The Morgan fingerprint density at radius 1 is 0.429 bits per heavy atom. The third-order valence-corrected chi connectivity index (χ3v) is 17.3. The lowest BCUT2D eigenvalue weighted by atomic mass is 10.1. The van der Waals surface area contributed by atoms with Gasteiger partial charge in [-0.1, -0.05) is 90.4 Å². The zero-order valence-corrected chi connectivity index (χ0v) is 53.7. The van der Waals surface area contributed by atoms with Crippen LogP contribution in [0.15, 0.2) is 195 Å². The smallest absolute Gasteiger partial charge is 0.198 e. The quantitative estimate of drug-likeness (QED) is 0.113. The number of imidazole rings is 9. The highest BCUT2D eigenvalue weighted by Crippen LogP contribution is 2.36. The Kier molecular flexibility index (Phi) is 18.6. The molecule has 20 aromatic rings. The molecule has 0 spiro atoms. The molecular weight excluding hydrogens is 1220 g/mol. The second-order valence-corrected chi connectivity index (χ2v) is 23.5. The minimum Gasteiger partial charge on any atom is -0.362 e. The van der Waals surface area contributed by atoms with Crippen LogP contribution in [0.1, 0.15) is 81.5 Å². The van der Waals surface area contributed by atoms with Gasteiger partial charge in [0.15, 0.2) is 33.9 Å². The fraction of sp³-hybridized carbons (Fsp3) is 0.197. The number of benzene rings is 1. The minimum atomic E-state index is 0. The van der Waals surface area contributed by atoms with Gasteiger partial charge in [0, 0.05) is 111 Å². The summed E-state index contributed by atoms with van der Waals surface area (Å²) in [5.41, 5.74) is 26.2. The van der Waals surface area contributed by atoms with Crippen molar-refractivity contribution in [3.05, 3.63) is 247 Å². The highest BCUT2D eigenvalue weighted by Gasteiger charge is 2.23.